The molecule has 2 heterocycles. The number of thioether (sulfide) groups is 1. The predicted molar refractivity (Wildman–Crippen MR) is 173 cm³/mol. The Bertz CT molecular complexity index is 1980. The van der Waals surface area contributed by atoms with Crippen molar-refractivity contribution in [1.29, 1.82) is 0 Å². The maximum Gasteiger partial charge on any atom is 0.160 e. The molecule has 0 saturated heterocycles. The van der Waals surface area contributed by atoms with Crippen molar-refractivity contribution in [2.45, 2.75) is 35.8 Å². The lowest BCUT2D eigenvalue weighted by atomic mass is 9.69. The normalized spacial score (nSPS) is 21.2. The van der Waals surface area contributed by atoms with E-state index in [0.717, 1.165) is 33.5 Å². The fraction of sp³-hybridized carbons (Fsp3) is 0.158. The van der Waals surface area contributed by atoms with Crippen molar-refractivity contribution in [1.82, 2.24) is 9.97 Å². The van der Waals surface area contributed by atoms with Crippen molar-refractivity contribution < 1.29 is 0 Å². The van der Waals surface area contributed by atoms with E-state index in [1.807, 2.05) is 23.9 Å². The monoisotopic (exact) mass is 546 g/mol. The van der Waals surface area contributed by atoms with Gasteiger partial charge in [-0.2, -0.15) is 0 Å². The molecule has 5 aromatic carbocycles. The van der Waals surface area contributed by atoms with E-state index in [1.54, 1.807) is 0 Å². The Morgan fingerprint density at radius 3 is 2.27 bits per heavy atom. The highest BCUT2D eigenvalue weighted by atomic mass is 32.2. The number of nitrogens with zero attached hydrogens (tertiary/aromatic N) is 2. The van der Waals surface area contributed by atoms with Crippen molar-refractivity contribution in [3.05, 3.63) is 127 Å². The lowest BCUT2D eigenvalue weighted by molar-refractivity contribution is 0.387. The van der Waals surface area contributed by atoms with E-state index in [4.69, 9.17) is 9.97 Å². The van der Waals surface area contributed by atoms with Crippen molar-refractivity contribution in [3.8, 4) is 33.8 Å². The van der Waals surface area contributed by atoms with E-state index in [-0.39, 0.29) is 5.41 Å². The van der Waals surface area contributed by atoms with Gasteiger partial charge in [0, 0.05) is 32.1 Å². The van der Waals surface area contributed by atoms with Gasteiger partial charge in [-0.3, -0.25) is 0 Å². The summed E-state index contributed by atoms with van der Waals surface area (Å²) in [5, 5.41) is 4.31. The molecule has 8 rings (SSSR count). The van der Waals surface area contributed by atoms with Gasteiger partial charge in [0.1, 0.15) is 0 Å². The van der Waals surface area contributed by atoms with Crippen LogP contribution >= 0.6 is 11.8 Å². The van der Waals surface area contributed by atoms with E-state index in [9.17, 15) is 0 Å². The Balaban J connectivity index is 1.20. The number of para-hydroxylation sites is 1. The third kappa shape index (κ3) is 4.02. The minimum absolute atomic E-state index is 0.167. The van der Waals surface area contributed by atoms with E-state index in [1.165, 1.54) is 38.8 Å². The van der Waals surface area contributed by atoms with Crippen LogP contribution in [0, 0.1) is 5.92 Å². The highest BCUT2D eigenvalue weighted by Crippen LogP contribution is 2.57. The van der Waals surface area contributed by atoms with Crippen LogP contribution in [-0.2, 0) is 5.41 Å². The SMILES string of the molecule is CC1C=CC2Sc3ccc4ccc(-c5ccc(-c6nc(-c7ccccc7)c7ccccc7n6)cc5)cc4c3C2(C)C1. The molecule has 41 heavy (non-hydrogen) atoms. The summed E-state index contributed by atoms with van der Waals surface area (Å²) >= 11 is 2.04. The van der Waals surface area contributed by atoms with Crippen LogP contribution in [0.3, 0.4) is 0 Å². The van der Waals surface area contributed by atoms with Crippen LogP contribution in [0.4, 0.5) is 0 Å². The first kappa shape index (κ1) is 24.6. The number of fused-ring (bicyclic) bond motifs is 6. The van der Waals surface area contributed by atoms with Gasteiger partial charge >= 0.3 is 0 Å². The number of hydrogen-bond donors (Lipinski definition) is 0. The molecule has 0 spiro atoms. The molecule has 0 radical (unpaired) electrons. The molecule has 0 amide bonds. The summed E-state index contributed by atoms with van der Waals surface area (Å²) < 4.78 is 0. The van der Waals surface area contributed by atoms with Crippen molar-refractivity contribution in [3.63, 3.8) is 0 Å². The molecule has 2 aliphatic rings. The summed E-state index contributed by atoms with van der Waals surface area (Å²) in [5.41, 5.74) is 8.21. The van der Waals surface area contributed by atoms with Gasteiger partial charge in [0.25, 0.3) is 0 Å². The first-order chi connectivity index (χ1) is 20.1. The minimum Gasteiger partial charge on any atom is -0.228 e. The Labute approximate surface area is 245 Å². The zero-order valence-corrected chi connectivity index (χ0v) is 24.0. The third-order valence-electron chi connectivity index (χ3n) is 8.92. The van der Waals surface area contributed by atoms with Crippen molar-refractivity contribution in [2.75, 3.05) is 0 Å². The van der Waals surface area contributed by atoms with Crippen LogP contribution in [0.1, 0.15) is 25.8 Å². The number of rotatable bonds is 3. The van der Waals surface area contributed by atoms with Gasteiger partial charge in [0.2, 0.25) is 0 Å². The molecule has 3 heteroatoms. The molecule has 198 valence electrons. The van der Waals surface area contributed by atoms with Crippen LogP contribution in [0.2, 0.25) is 0 Å². The lowest BCUT2D eigenvalue weighted by Gasteiger charge is -2.36. The number of allylic oxidation sites excluding steroid dienone is 1. The topological polar surface area (TPSA) is 25.8 Å². The average Bonchev–Trinajstić information content (AvgIpc) is 3.32. The maximum atomic E-state index is 5.06. The zero-order chi connectivity index (χ0) is 27.6. The van der Waals surface area contributed by atoms with Gasteiger partial charge in [-0.15, -0.1) is 11.8 Å². The third-order valence-corrected chi connectivity index (χ3v) is 10.4. The molecular formula is C38H30N2S. The summed E-state index contributed by atoms with van der Waals surface area (Å²) in [5.74, 6) is 1.36. The summed E-state index contributed by atoms with van der Waals surface area (Å²) in [4.78, 5) is 11.4. The highest BCUT2D eigenvalue weighted by Gasteiger charge is 2.45. The number of hydrogen-bond acceptors (Lipinski definition) is 3. The molecule has 3 atom stereocenters. The molecule has 0 N–H and O–H groups in total. The van der Waals surface area contributed by atoms with E-state index in [0.29, 0.717) is 11.2 Å². The predicted octanol–water partition coefficient (Wildman–Crippen LogP) is 10.1. The molecule has 1 aromatic heterocycles. The number of aromatic nitrogens is 2. The van der Waals surface area contributed by atoms with Gasteiger partial charge in [-0.05, 0) is 58.0 Å². The van der Waals surface area contributed by atoms with Gasteiger partial charge in [0.05, 0.1) is 11.2 Å². The molecule has 0 fully saturated rings. The Morgan fingerprint density at radius 2 is 1.41 bits per heavy atom. The van der Waals surface area contributed by atoms with E-state index in [2.05, 4.69) is 123 Å². The second-order valence-electron chi connectivity index (χ2n) is 11.8. The molecular weight excluding hydrogens is 516 g/mol. The molecule has 1 aliphatic carbocycles. The fourth-order valence-electron chi connectivity index (χ4n) is 6.91. The van der Waals surface area contributed by atoms with Crippen LogP contribution in [0.25, 0.3) is 55.4 Å². The second kappa shape index (κ2) is 9.43. The van der Waals surface area contributed by atoms with Crippen LogP contribution in [0.5, 0.6) is 0 Å². The average molecular weight is 547 g/mol. The molecule has 0 bridgehead atoms. The van der Waals surface area contributed by atoms with Gasteiger partial charge < -0.3 is 0 Å². The standard InChI is InChI=1S/C38H30N2S/c1-24-12-21-34-38(2,23-24)35-31-22-29(18-15-26(31)19-20-33(35)41-34)25-13-16-28(17-14-25)37-39-32-11-7-6-10-30(32)36(40-37)27-8-4-3-5-9-27/h3-22,24,34H,23H2,1-2H3. The molecule has 0 saturated carbocycles. The Morgan fingerprint density at radius 1 is 0.683 bits per heavy atom. The van der Waals surface area contributed by atoms with Crippen LogP contribution in [0.15, 0.2) is 126 Å². The second-order valence-corrected chi connectivity index (χ2v) is 12.9. The summed E-state index contributed by atoms with van der Waals surface area (Å²) in [7, 11) is 0. The van der Waals surface area contributed by atoms with Crippen LogP contribution in [-0.4, -0.2) is 15.2 Å². The van der Waals surface area contributed by atoms with Crippen molar-refractivity contribution in [2.24, 2.45) is 5.92 Å². The Kier molecular flexibility index (Phi) is 5.65. The fourth-order valence-corrected chi connectivity index (χ4v) is 8.43. The maximum absolute atomic E-state index is 5.06. The molecule has 3 unspecified atom stereocenters. The van der Waals surface area contributed by atoms with Crippen LogP contribution < -0.4 is 0 Å². The number of benzene rings is 5. The highest BCUT2D eigenvalue weighted by molar-refractivity contribution is 8.00. The lowest BCUT2D eigenvalue weighted by Crippen LogP contribution is -2.34. The molecule has 6 aromatic rings. The zero-order valence-electron chi connectivity index (χ0n) is 23.2. The van der Waals surface area contributed by atoms with Gasteiger partial charge in [-0.1, -0.05) is 117 Å². The molecule has 1 aliphatic heterocycles. The van der Waals surface area contributed by atoms with Crippen molar-refractivity contribution >= 4 is 33.4 Å². The summed E-state index contributed by atoms with van der Waals surface area (Å²) in [6.07, 6.45) is 6.05. The minimum atomic E-state index is 0.167. The Hall–Kier alpha value is -4.21. The summed E-state index contributed by atoms with van der Waals surface area (Å²) in [6.45, 7) is 4.82. The largest absolute Gasteiger partial charge is 0.228 e. The first-order valence-corrected chi connectivity index (χ1v) is 15.3. The smallest absolute Gasteiger partial charge is 0.160 e. The quantitative estimate of drug-likeness (QED) is 0.207. The first-order valence-electron chi connectivity index (χ1n) is 14.4. The van der Waals surface area contributed by atoms with Gasteiger partial charge in [0.15, 0.2) is 5.82 Å². The van der Waals surface area contributed by atoms with E-state index >= 15 is 0 Å². The molecule has 2 nitrogen and oxygen atoms in total. The van der Waals surface area contributed by atoms with E-state index < -0.39 is 0 Å². The van der Waals surface area contributed by atoms with Gasteiger partial charge in [-0.25, -0.2) is 9.97 Å². The summed E-state index contributed by atoms with van der Waals surface area (Å²) in [6, 6.07) is 39.0.